The molecule has 1 heterocycles. The van der Waals surface area contributed by atoms with Crippen LogP contribution in [0.15, 0.2) is 54.6 Å². The molecule has 5 heteroatoms. The lowest BCUT2D eigenvalue weighted by Gasteiger charge is -2.36. The Morgan fingerprint density at radius 2 is 1.73 bits per heavy atom. The van der Waals surface area contributed by atoms with E-state index in [1.807, 2.05) is 66.5 Å². The molecule has 5 nitrogen and oxygen atoms in total. The molecule has 1 amide bonds. The molecule has 26 heavy (non-hydrogen) atoms. The summed E-state index contributed by atoms with van der Waals surface area (Å²) in [5, 5.41) is 0. The van der Waals surface area contributed by atoms with Crippen molar-refractivity contribution in [3.8, 4) is 0 Å². The lowest BCUT2D eigenvalue weighted by molar-refractivity contribution is -0.154. The van der Waals surface area contributed by atoms with E-state index in [1.54, 1.807) is 4.90 Å². The number of hydrogen-bond acceptors (Lipinski definition) is 4. The summed E-state index contributed by atoms with van der Waals surface area (Å²) in [6.07, 6.45) is 0.497. The molecule has 0 bridgehead atoms. The van der Waals surface area contributed by atoms with E-state index in [0.717, 1.165) is 16.7 Å². The van der Waals surface area contributed by atoms with Gasteiger partial charge >= 0.3 is 5.97 Å². The molecule has 3 rings (SSSR count). The second kappa shape index (κ2) is 8.15. The summed E-state index contributed by atoms with van der Waals surface area (Å²) in [5.41, 5.74) is 3.34. The van der Waals surface area contributed by atoms with Crippen LogP contribution in [0.2, 0.25) is 0 Å². The first-order chi connectivity index (χ1) is 12.6. The van der Waals surface area contributed by atoms with E-state index in [1.165, 1.54) is 7.11 Å². The molecular formula is C21H24N2O3. The number of ether oxygens (including phenoxy) is 1. The molecule has 0 saturated carbocycles. The van der Waals surface area contributed by atoms with Crippen LogP contribution in [0.3, 0.4) is 0 Å². The van der Waals surface area contributed by atoms with Gasteiger partial charge in [0.1, 0.15) is 6.04 Å². The molecule has 1 unspecified atom stereocenters. The van der Waals surface area contributed by atoms with Crippen molar-refractivity contribution < 1.29 is 14.3 Å². The van der Waals surface area contributed by atoms with Crippen molar-refractivity contribution in [2.24, 2.45) is 0 Å². The van der Waals surface area contributed by atoms with Crippen LogP contribution in [0, 0.1) is 0 Å². The summed E-state index contributed by atoms with van der Waals surface area (Å²) in [6, 6.07) is 17.4. The van der Waals surface area contributed by atoms with Gasteiger partial charge in [0.2, 0.25) is 5.91 Å². The first kappa shape index (κ1) is 18.1. The number of carbonyl (C=O) groups is 2. The maximum absolute atomic E-state index is 12.9. The number of benzene rings is 2. The van der Waals surface area contributed by atoms with Gasteiger partial charge in [-0.2, -0.15) is 0 Å². The summed E-state index contributed by atoms with van der Waals surface area (Å²) in [7, 11) is 3.28. The van der Waals surface area contributed by atoms with Gasteiger partial charge < -0.3 is 9.64 Å². The molecule has 0 saturated heterocycles. The molecule has 1 aliphatic rings. The topological polar surface area (TPSA) is 49.9 Å². The molecule has 1 aliphatic heterocycles. The molecule has 0 aliphatic carbocycles. The van der Waals surface area contributed by atoms with Crippen molar-refractivity contribution in [1.82, 2.24) is 9.80 Å². The van der Waals surface area contributed by atoms with Crippen molar-refractivity contribution in [2.45, 2.75) is 25.6 Å². The fourth-order valence-corrected chi connectivity index (χ4v) is 3.40. The van der Waals surface area contributed by atoms with Crippen LogP contribution in [0.5, 0.6) is 0 Å². The molecular weight excluding hydrogens is 328 g/mol. The summed E-state index contributed by atoms with van der Waals surface area (Å²) >= 11 is 0. The van der Waals surface area contributed by atoms with Crippen LogP contribution in [0.1, 0.15) is 16.7 Å². The number of methoxy groups -OCH3 is 1. The standard InChI is InChI=1S/C21H24N2O3/c1-22(13-16-8-4-3-5-9-16)15-20(24)23-14-18-11-7-6-10-17(18)12-19(23)21(25)26-2/h3-11,19H,12-15H2,1-2H3. The van der Waals surface area contributed by atoms with Crippen LogP contribution >= 0.6 is 0 Å². The number of esters is 1. The number of carbonyl (C=O) groups excluding carboxylic acids is 2. The van der Waals surface area contributed by atoms with E-state index in [0.29, 0.717) is 19.5 Å². The highest BCUT2D eigenvalue weighted by molar-refractivity contribution is 5.86. The summed E-state index contributed by atoms with van der Waals surface area (Å²) in [5.74, 6) is -0.424. The maximum atomic E-state index is 12.9. The Morgan fingerprint density at radius 3 is 2.42 bits per heavy atom. The minimum Gasteiger partial charge on any atom is -0.467 e. The fraction of sp³-hybridized carbons (Fsp3) is 0.333. The molecule has 0 aromatic heterocycles. The van der Waals surface area contributed by atoms with Gasteiger partial charge in [-0.15, -0.1) is 0 Å². The molecule has 1 atom stereocenters. The zero-order valence-electron chi connectivity index (χ0n) is 15.2. The first-order valence-electron chi connectivity index (χ1n) is 8.75. The Balaban J connectivity index is 1.72. The van der Waals surface area contributed by atoms with Crippen LogP contribution in [-0.2, 0) is 33.8 Å². The average Bonchev–Trinajstić information content (AvgIpc) is 2.67. The van der Waals surface area contributed by atoms with Gasteiger partial charge in [-0.05, 0) is 23.7 Å². The van der Waals surface area contributed by atoms with Gasteiger partial charge in [0.15, 0.2) is 0 Å². The van der Waals surface area contributed by atoms with Gasteiger partial charge in [0.25, 0.3) is 0 Å². The van der Waals surface area contributed by atoms with E-state index in [9.17, 15) is 9.59 Å². The van der Waals surface area contributed by atoms with Gasteiger partial charge in [0.05, 0.1) is 13.7 Å². The van der Waals surface area contributed by atoms with Crippen LogP contribution in [0.25, 0.3) is 0 Å². The summed E-state index contributed by atoms with van der Waals surface area (Å²) < 4.78 is 4.94. The lowest BCUT2D eigenvalue weighted by Crippen LogP contribution is -2.51. The Kier molecular flexibility index (Phi) is 5.68. The van der Waals surface area contributed by atoms with Gasteiger partial charge in [-0.25, -0.2) is 4.79 Å². The predicted molar refractivity (Wildman–Crippen MR) is 99.3 cm³/mol. The van der Waals surface area contributed by atoms with Gasteiger partial charge in [0, 0.05) is 19.5 Å². The van der Waals surface area contributed by atoms with E-state index < -0.39 is 6.04 Å². The third kappa shape index (κ3) is 4.11. The molecule has 0 spiro atoms. The number of fused-ring (bicyclic) bond motifs is 1. The Hall–Kier alpha value is -2.66. The smallest absolute Gasteiger partial charge is 0.328 e. The number of likely N-dealkylation sites (N-methyl/N-ethyl adjacent to an activating group) is 1. The quantitative estimate of drug-likeness (QED) is 0.775. The molecule has 0 radical (unpaired) electrons. The highest BCUT2D eigenvalue weighted by Crippen LogP contribution is 2.24. The molecule has 2 aromatic rings. The van der Waals surface area contributed by atoms with Crippen molar-refractivity contribution in [3.05, 3.63) is 71.3 Å². The number of hydrogen-bond donors (Lipinski definition) is 0. The second-order valence-electron chi connectivity index (χ2n) is 6.69. The van der Waals surface area contributed by atoms with Crippen LogP contribution < -0.4 is 0 Å². The van der Waals surface area contributed by atoms with Crippen molar-refractivity contribution in [3.63, 3.8) is 0 Å². The summed E-state index contributed by atoms with van der Waals surface area (Å²) in [4.78, 5) is 28.8. The minimum atomic E-state index is -0.562. The third-order valence-corrected chi connectivity index (χ3v) is 4.74. The van der Waals surface area contributed by atoms with E-state index >= 15 is 0 Å². The SMILES string of the molecule is COC(=O)C1Cc2ccccc2CN1C(=O)CN(C)Cc1ccccc1. The van der Waals surface area contributed by atoms with E-state index in [-0.39, 0.29) is 18.4 Å². The second-order valence-corrected chi connectivity index (χ2v) is 6.69. The largest absolute Gasteiger partial charge is 0.467 e. The molecule has 136 valence electrons. The lowest BCUT2D eigenvalue weighted by atomic mass is 9.94. The normalized spacial score (nSPS) is 16.3. The zero-order valence-corrected chi connectivity index (χ0v) is 15.2. The van der Waals surface area contributed by atoms with Crippen LogP contribution in [-0.4, -0.2) is 48.4 Å². The fourth-order valence-electron chi connectivity index (χ4n) is 3.40. The van der Waals surface area contributed by atoms with E-state index in [4.69, 9.17) is 4.74 Å². The van der Waals surface area contributed by atoms with Crippen molar-refractivity contribution >= 4 is 11.9 Å². The molecule has 0 fully saturated rings. The Bertz CT molecular complexity index is 776. The average molecular weight is 352 g/mol. The highest BCUT2D eigenvalue weighted by Gasteiger charge is 2.35. The Morgan fingerprint density at radius 1 is 1.08 bits per heavy atom. The Labute approximate surface area is 154 Å². The first-order valence-corrected chi connectivity index (χ1v) is 8.75. The molecule has 0 N–H and O–H groups in total. The predicted octanol–water partition coefficient (Wildman–Crippen LogP) is 2.24. The maximum Gasteiger partial charge on any atom is 0.328 e. The highest BCUT2D eigenvalue weighted by atomic mass is 16.5. The van der Waals surface area contributed by atoms with Crippen LogP contribution in [0.4, 0.5) is 0 Å². The number of nitrogens with zero attached hydrogens (tertiary/aromatic N) is 2. The van der Waals surface area contributed by atoms with Crippen molar-refractivity contribution in [1.29, 1.82) is 0 Å². The minimum absolute atomic E-state index is 0.0617. The van der Waals surface area contributed by atoms with E-state index in [2.05, 4.69) is 0 Å². The number of rotatable bonds is 5. The number of amides is 1. The zero-order chi connectivity index (χ0) is 18.5. The molecule has 2 aromatic carbocycles. The van der Waals surface area contributed by atoms with Gasteiger partial charge in [-0.3, -0.25) is 9.69 Å². The monoisotopic (exact) mass is 352 g/mol. The third-order valence-electron chi connectivity index (χ3n) is 4.74. The summed E-state index contributed by atoms with van der Waals surface area (Å²) in [6.45, 7) is 1.37. The van der Waals surface area contributed by atoms with Gasteiger partial charge in [-0.1, -0.05) is 54.6 Å². The van der Waals surface area contributed by atoms with Crippen molar-refractivity contribution in [2.75, 3.05) is 20.7 Å².